The van der Waals surface area contributed by atoms with Crippen LogP contribution in [0.1, 0.15) is 32.1 Å². The maximum Gasteiger partial charge on any atom is 0.319 e. The quantitative estimate of drug-likeness (QED) is 0.322. The topological polar surface area (TPSA) is 102 Å². The summed E-state index contributed by atoms with van der Waals surface area (Å²) >= 11 is 1.01. The molecule has 2 bridgehead atoms. The maximum atomic E-state index is 16.9. The molecule has 43 heavy (non-hydrogen) atoms. The molecule has 13 heteroatoms. The van der Waals surface area contributed by atoms with Crippen molar-refractivity contribution in [1.82, 2.24) is 25.2 Å². The Bertz CT molecular complexity index is 1740. The van der Waals surface area contributed by atoms with Crippen molar-refractivity contribution in [3.63, 3.8) is 0 Å². The van der Waals surface area contributed by atoms with E-state index in [1.165, 1.54) is 19.2 Å². The Morgan fingerprint density at radius 1 is 1.14 bits per heavy atom. The Balaban J connectivity index is 1.30. The summed E-state index contributed by atoms with van der Waals surface area (Å²) < 4.78 is 58.3. The van der Waals surface area contributed by atoms with Crippen LogP contribution in [0, 0.1) is 11.6 Å². The molecule has 8 rings (SSSR count). The van der Waals surface area contributed by atoms with Gasteiger partial charge < -0.3 is 25.4 Å². The molecule has 4 aliphatic rings. The second kappa shape index (κ2) is 10.1. The molecule has 4 atom stereocenters. The Kier molecular flexibility index (Phi) is 6.35. The van der Waals surface area contributed by atoms with Gasteiger partial charge >= 0.3 is 6.01 Å². The molecule has 3 N–H and O–H groups in total. The van der Waals surface area contributed by atoms with Gasteiger partial charge in [-0.05, 0) is 50.4 Å². The molecule has 226 valence electrons. The highest BCUT2D eigenvalue weighted by atomic mass is 32.1. The number of thiazole rings is 1. The van der Waals surface area contributed by atoms with E-state index in [1.807, 2.05) is 0 Å². The Hall–Kier alpha value is -3.42. The number of alkyl halides is 1. The van der Waals surface area contributed by atoms with Crippen LogP contribution in [0.4, 0.5) is 24.1 Å². The highest BCUT2D eigenvalue weighted by molar-refractivity contribution is 7.22. The van der Waals surface area contributed by atoms with Crippen molar-refractivity contribution in [2.75, 3.05) is 50.5 Å². The SMILES string of the molecule is COc1cc2c(N3[C@@H]4CC[C@H]3CNC4)nc(OC[C@@]34CCCN3C[C@H](F)C4)nc2c(F)c1-c1ccc(F)c2sc(N)nc12. The number of nitrogen functional groups attached to an aromatic ring is 1. The van der Waals surface area contributed by atoms with Crippen molar-refractivity contribution in [2.45, 2.75) is 55.9 Å². The Morgan fingerprint density at radius 3 is 2.74 bits per heavy atom. The minimum Gasteiger partial charge on any atom is -0.496 e. The monoisotopic (exact) mass is 611 g/mol. The number of aromatic nitrogens is 3. The van der Waals surface area contributed by atoms with Crippen LogP contribution in [0.3, 0.4) is 0 Å². The van der Waals surface area contributed by atoms with E-state index in [0.717, 1.165) is 56.7 Å². The molecule has 6 heterocycles. The first-order chi connectivity index (χ1) is 20.8. The van der Waals surface area contributed by atoms with E-state index in [-0.39, 0.29) is 56.9 Å². The summed E-state index contributed by atoms with van der Waals surface area (Å²) in [5.41, 5.74) is 6.32. The molecule has 4 aromatic rings. The lowest BCUT2D eigenvalue weighted by atomic mass is 9.95. The zero-order valence-electron chi connectivity index (χ0n) is 23.7. The summed E-state index contributed by atoms with van der Waals surface area (Å²) in [6.45, 7) is 3.06. The third-order valence-electron chi connectivity index (χ3n) is 9.71. The number of nitrogens with two attached hydrogens (primary N) is 1. The predicted molar refractivity (Wildman–Crippen MR) is 160 cm³/mol. The van der Waals surface area contributed by atoms with Crippen molar-refractivity contribution in [1.29, 1.82) is 0 Å². The third-order valence-corrected chi connectivity index (χ3v) is 10.6. The number of nitrogens with one attached hydrogen (secondary N) is 1. The summed E-state index contributed by atoms with van der Waals surface area (Å²) in [6.07, 6.45) is 3.31. The molecule has 0 spiro atoms. The zero-order chi connectivity index (χ0) is 29.5. The minimum absolute atomic E-state index is 0.0566. The fourth-order valence-electron chi connectivity index (χ4n) is 7.81. The first kappa shape index (κ1) is 27.2. The van der Waals surface area contributed by atoms with E-state index in [2.05, 4.69) is 25.1 Å². The Labute approximate surface area is 250 Å². The molecule has 2 aromatic carbocycles. The van der Waals surface area contributed by atoms with Gasteiger partial charge in [0.15, 0.2) is 10.9 Å². The van der Waals surface area contributed by atoms with Crippen LogP contribution in [0.25, 0.3) is 32.2 Å². The van der Waals surface area contributed by atoms with Gasteiger partial charge in [-0.3, -0.25) is 4.90 Å². The summed E-state index contributed by atoms with van der Waals surface area (Å²) in [4.78, 5) is 18.3. The number of halogens is 3. The van der Waals surface area contributed by atoms with Crippen LogP contribution in [0.5, 0.6) is 11.8 Å². The average molecular weight is 612 g/mol. The normalized spacial score (nSPS) is 27.0. The second-order valence-corrected chi connectivity index (χ2v) is 13.2. The molecule has 9 nitrogen and oxygen atoms in total. The van der Waals surface area contributed by atoms with Crippen molar-refractivity contribution in [3.8, 4) is 22.9 Å². The number of hydrogen-bond acceptors (Lipinski definition) is 10. The van der Waals surface area contributed by atoms with Gasteiger partial charge in [0, 0.05) is 49.1 Å². The second-order valence-electron chi connectivity index (χ2n) is 12.1. The number of piperazine rings is 1. The Morgan fingerprint density at radius 2 is 1.95 bits per heavy atom. The van der Waals surface area contributed by atoms with Crippen LogP contribution < -0.4 is 25.4 Å². The van der Waals surface area contributed by atoms with Gasteiger partial charge in [0.05, 0.1) is 28.4 Å². The predicted octanol–water partition coefficient (Wildman–Crippen LogP) is 4.67. The van der Waals surface area contributed by atoms with E-state index in [4.69, 9.17) is 20.2 Å². The number of nitrogens with zero attached hydrogens (tertiary/aromatic N) is 5. The number of anilines is 2. The summed E-state index contributed by atoms with van der Waals surface area (Å²) in [5.74, 6) is -0.276. The van der Waals surface area contributed by atoms with E-state index in [0.29, 0.717) is 29.7 Å². The van der Waals surface area contributed by atoms with Gasteiger partial charge in [-0.2, -0.15) is 9.97 Å². The summed E-state index contributed by atoms with van der Waals surface area (Å²) in [7, 11) is 1.47. The third kappa shape index (κ3) is 4.22. The van der Waals surface area contributed by atoms with Gasteiger partial charge in [0.25, 0.3) is 0 Å². The number of benzene rings is 2. The fraction of sp³-hybridized carbons (Fsp3) is 0.500. The number of ether oxygens (including phenoxy) is 2. The fourth-order valence-corrected chi connectivity index (χ4v) is 8.57. The first-order valence-corrected chi connectivity index (χ1v) is 15.6. The van der Waals surface area contributed by atoms with Crippen molar-refractivity contribution in [3.05, 3.63) is 29.8 Å². The molecule has 4 saturated heterocycles. The standard InChI is InChI=1S/C30H32F3N7O2S/c1-41-21-9-19-24(23(33)22(21)18-5-6-20(32)26-25(18)36-28(34)43-26)37-29(38-27(19)40-16-3-4-17(40)12-35-11-16)42-14-30-7-2-8-39(30)13-15(31)10-30/h5-6,9,15-17,35H,2-4,7-8,10-14H2,1H3,(H2,34,36)/t15-,16-,17+,30+/m1/s1. The number of hydrogen-bond donors (Lipinski definition) is 2. The van der Waals surface area contributed by atoms with Crippen molar-refractivity contribution >= 4 is 43.4 Å². The smallest absolute Gasteiger partial charge is 0.319 e. The molecule has 0 unspecified atom stereocenters. The van der Waals surface area contributed by atoms with E-state index < -0.39 is 23.3 Å². The lowest BCUT2D eigenvalue weighted by Crippen LogP contribution is -2.52. The molecule has 0 saturated carbocycles. The number of fused-ring (bicyclic) bond motifs is 5. The van der Waals surface area contributed by atoms with Gasteiger partial charge in [-0.25, -0.2) is 18.2 Å². The lowest BCUT2D eigenvalue weighted by Gasteiger charge is -2.37. The number of methoxy groups -OCH3 is 1. The zero-order valence-corrected chi connectivity index (χ0v) is 24.5. The molecular weight excluding hydrogens is 579 g/mol. The van der Waals surface area contributed by atoms with Crippen LogP contribution >= 0.6 is 11.3 Å². The highest BCUT2D eigenvalue weighted by Gasteiger charge is 2.49. The lowest BCUT2D eigenvalue weighted by molar-refractivity contribution is 0.107. The average Bonchev–Trinajstić information content (AvgIpc) is 3.72. The highest BCUT2D eigenvalue weighted by Crippen LogP contribution is 2.46. The number of rotatable bonds is 6. The van der Waals surface area contributed by atoms with Crippen LogP contribution in [-0.2, 0) is 0 Å². The molecular formula is C30H32F3N7O2S. The molecule has 4 aliphatic heterocycles. The summed E-state index contributed by atoms with van der Waals surface area (Å²) in [5, 5.41) is 4.17. The van der Waals surface area contributed by atoms with Crippen LogP contribution in [0.15, 0.2) is 18.2 Å². The maximum absolute atomic E-state index is 16.9. The molecule has 0 amide bonds. The van der Waals surface area contributed by atoms with Crippen molar-refractivity contribution in [2.24, 2.45) is 0 Å². The van der Waals surface area contributed by atoms with E-state index in [9.17, 15) is 8.78 Å². The van der Waals surface area contributed by atoms with E-state index in [1.54, 1.807) is 6.07 Å². The van der Waals surface area contributed by atoms with Crippen LogP contribution in [-0.4, -0.2) is 83.5 Å². The van der Waals surface area contributed by atoms with E-state index >= 15 is 4.39 Å². The molecule has 4 fully saturated rings. The van der Waals surface area contributed by atoms with Crippen LogP contribution in [0.2, 0.25) is 0 Å². The molecule has 0 radical (unpaired) electrons. The minimum atomic E-state index is -0.895. The van der Waals surface area contributed by atoms with Gasteiger partial charge in [-0.1, -0.05) is 11.3 Å². The summed E-state index contributed by atoms with van der Waals surface area (Å²) in [6, 6.07) is 4.96. The van der Waals surface area contributed by atoms with Gasteiger partial charge in [0.2, 0.25) is 0 Å². The largest absolute Gasteiger partial charge is 0.496 e. The van der Waals surface area contributed by atoms with Gasteiger partial charge in [0.1, 0.15) is 35.7 Å². The first-order valence-electron chi connectivity index (χ1n) is 14.8. The molecule has 2 aromatic heterocycles. The molecule has 0 aliphatic carbocycles. The van der Waals surface area contributed by atoms with Crippen molar-refractivity contribution < 1.29 is 22.6 Å². The van der Waals surface area contributed by atoms with Gasteiger partial charge in [-0.15, -0.1) is 0 Å².